The van der Waals surface area contributed by atoms with Crippen molar-refractivity contribution in [3.05, 3.63) is 23.7 Å². The zero-order valence-corrected chi connectivity index (χ0v) is 11.6. The summed E-state index contributed by atoms with van der Waals surface area (Å²) < 4.78 is 5.48. The number of furan rings is 1. The Morgan fingerprint density at radius 2 is 1.89 bits per heavy atom. The smallest absolute Gasteiger partial charge is 0.231 e. The van der Waals surface area contributed by atoms with Crippen LogP contribution in [0.25, 0.3) is 0 Å². The van der Waals surface area contributed by atoms with Crippen LogP contribution in [-0.4, -0.2) is 36.1 Å². The molecule has 19 heavy (non-hydrogen) atoms. The van der Waals surface area contributed by atoms with Crippen LogP contribution in [0.3, 0.4) is 0 Å². The van der Waals surface area contributed by atoms with Gasteiger partial charge in [0.05, 0.1) is 6.54 Å². The second kappa shape index (κ2) is 5.55. The molecule has 0 radical (unpaired) electrons. The topological polar surface area (TPSA) is 79.1 Å². The highest BCUT2D eigenvalue weighted by Gasteiger charge is 2.07. The molecule has 2 heterocycles. The third kappa shape index (κ3) is 3.34. The molecular weight excluding hydrogens is 244 g/mol. The van der Waals surface area contributed by atoms with Crippen LogP contribution in [0.15, 0.2) is 16.5 Å². The molecule has 102 valence electrons. The van der Waals surface area contributed by atoms with Crippen LogP contribution in [-0.2, 0) is 6.54 Å². The van der Waals surface area contributed by atoms with Gasteiger partial charge < -0.3 is 20.0 Å². The van der Waals surface area contributed by atoms with Gasteiger partial charge in [0.15, 0.2) is 0 Å². The van der Waals surface area contributed by atoms with Gasteiger partial charge in [0.2, 0.25) is 17.8 Å². The summed E-state index contributed by atoms with van der Waals surface area (Å²) in [5.74, 6) is 3.36. The summed E-state index contributed by atoms with van der Waals surface area (Å²) in [6.07, 6.45) is 0. The van der Waals surface area contributed by atoms with Gasteiger partial charge in [-0.05, 0) is 19.1 Å². The first-order chi connectivity index (χ1) is 9.08. The Labute approximate surface area is 112 Å². The molecule has 2 N–H and O–H groups in total. The molecule has 0 saturated carbocycles. The SMILES string of the molecule is CNc1nc(NCc2ccc(C)o2)nc(N(C)C)n1. The van der Waals surface area contributed by atoms with Crippen molar-refractivity contribution in [2.45, 2.75) is 13.5 Å². The van der Waals surface area contributed by atoms with E-state index < -0.39 is 0 Å². The maximum atomic E-state index is 5.48. The fourth-order valence-corrected chi connectivity index (χ4v) is 1.50. The first-order valence-corrected chi connectivity index (χ1v) is 5.99. The third-order valence-corrected chi connectivity index (χ3v) is 2.46. The first-order valence-electron chi connectivity index (χ1n) is 5.99. The highest BCUT2D eigenvalue weighted by molar-refractivity contribution is 5.42. The van der Waals surface area contributed by atoms with E-state index in [-0.39, 0.29) is 0 Å². The number of nitrogens with one attached hydrogen (secondary N) is 2. The largest absolute Gasteiger partial charge is 0.465 e. The molecule has 7 heteroatoms. The second-order valence-electron chi connectivity index (χ2n) is 4.29. The predicted octanol–water partition coefficient (Wildman–Crippen LogP) is 1.49. The van der Waals surface area contributed by atoms with Crippen molar-refractivity contribution in [3.8, 4) is 0 Å². The van der Waals surface area contributed by atoms with Crippen LogP contribution in [0.5, 0.6) is 0 Å². The van der Waals surface area contributed by atoms with Gasteiger partial charge in [-0.3, -0.25) is 0 Å². The van der Waals surface area contributed by atoms with Crippen molar-refractivity contribution >= 4 is 17.8 Å². The van der Waals surface area contributed by atoms with Crippen molar-refractivity contribution in [3.63, 3.8) is 0 Å². The molecule has 0 aliphatic rings. The Bertz CT molecular complexity index is 551. The number of anilines is 3. The average molecular weight is 262 g/mol. The number of nitrogens with zero attached hydrogens (tertiary/aromatic N) is 4. The lowest BCUT2D eigenvalue weighted by Gasteiger charge is -2.12. The molecule has 0 saturated heterocycles. The number of hydrogen-bond acceptors (Lipinski definition) is 7. The van der Waals surface area contributed by atoms with Crippen molar-refractivity contribution in [1.29, 1.82) is 0 Å². The van der Waals surface area contributed by atoms with Crippen LogP contribution in [0.1, 0.15) is 11.5 Å². The lowest BCUT2D eigenvalue weighted by atomic mass is 10.4. The lowest BCUT2D eigenvalue weighted by molar-refractivity contribution is 0.490. The number of hydrogen-bond donors (Lipinski definition) is 2. The number of aromatic nitrogens is 3. The summed E-state index contributed by atoms with van der Waals surface area (Å²) in [5, 5.41) is 6.03. The highest BCUT2D eigenvalue weighted by atomic mass is 16.3. The van der Waals surface area contributed by atoms with E-state index in [1.807, 2.05) is 38.1 Å². The fourth-order valence-electron chi connectivity index (χ4n) is 1.50. The molecule has 0 aromatic carbocycles. The van der Waals surface area contributed by atoms with Gasteiger partial charge in [-0.25, -0.2) is 0 Å². The second-order valence-corrected chi connectivity index (χ2v) is 4.29. The highest BCUT2D eigenvalue weighted by Crippen LogP contribution is 2.13. The van der Waals surface area contributed by atoms with Crippen LogP contribution in [0, 0.1) is 6.92 Å². The lowest BCUT2D eigenvalue weighted by Crippen LogP contribution is -2.16. The van der Waals surface area contributed by atoms with Crippen LogP contribution in [0.2, 0.25) is 0 Å². The number of aryl methyl sites for hydroxylation is 1. The molecule has 0 atom stereocenters. The maximum absolute atomic E-state index is 5.48. The zero-order chi connectivity index (χ0) is 13.8. The van der Waals surface area contributed by atoms with Crippen molar-refractivity contribution in [1.82, 2.24) is 15.0 Å². The normalized spacial score (nSPS) is 10.3. The van der Waals surface area contributed by atoms with Gasteiger partial charge in [-0.15, -0.1) is 0 Å². The minimum atomic E-state index is 0.511. The van der Waals surface area contributed by atoms with Gasteiger partial charge in [0.1, 0.15) is 11.5 Å². The Balaban J connectivity index is 2.12. The van der Waals surface area contributed by atoms with Crippen LogP contribution in [0.4, 0.5) is 17.8 Å². The molecule has 0 aliphatic heterocycles. The van der Waals surface area contributed by atoms with E-state index in [0.29, 0.717) is 24.4 Å². The first kappa shape index (κ1) is 13.1. The Morgan fingerprint density at radius 3 is 2.47 bits per heavy atom. The van der Waals surface area contributed by atoms with Crippen LogP contribution >= 0.6 is 0 Å². The van der Waals surface area contributed by atoms with E-state index in [4.69, 9.17) is 4.42 Å². The molecule has 2 aromatic heterocycles. The molecule has 0 unspecified atom stereocenters. The van der Waals surface area contributed by atoms with Gasteiger partial charge in [-0.1, -0.05) is 0 Å². The molecular formula is C12H18N6O. The predicted molar refractivity (Wildman–Crippen MR) is 74.5 cm³/mol. The Hall–Kier alpha value is -2.31. The van der Waals surface area contributed by atoms with E-state index in [1.165, 1.54) is 0 Å². The van der Waals surface area contributed by atoms with E-state index in [9.17, 15) is 0 Å². The molecule has 0 bridgehead atoms. The summed E-state index contributed by atoms with van der Waals surface area (Å²) in [5.41, 5.74) is 0. The zero-order valence-electron chi connectivity index (χ0n) is 11.6. The van der Waals surface area contributed by atoms with E-state index in [0.717, 1.165) is 11.5 Å². The summed E-state index contributed by atoms with van der Waals surface area (Å²) in [6.45, 7) is 2.45. The summed E-state index contributed by atoms with van der Waals surface area (Å²) in [7, 11) is 5.54. The molecule has 0 amide bonds. The van der Waals surface area contributed by atoms with Crippen molar-refractivity contribution < 1.29 is 4.42 Å². The van der Waals surface area contributed by atoms with Crippen molar-refractivity contribution in [2.24, 2.45) is 0 Å². The Kier molecular flexibility index (Phi) is 3.84. The monoisotopic (exact) mass is 262 g/mol. The maximum Gasteiger partial charge on any atom is 0.231 e. The van der Waals surface area contributed by atoms with Gasteiger partial charge >= 0.3 is 0 Å². The molecule has 2 rings (SSSR count). The van der Waals surface area contributed by atoms with E-state index in [2.05, 4.69) is 25.6 Å². The van der Waals surface area contributed by atoms with Gasteiger partial charge in [0.25, 0.3) is 0 Å². The van der Waals surface area contributed by atoms with E-state index in [1.54, 1.807) is 7.05 Å². The van der Waals surface area contributed by atoms with Gasteiger partial charge in [-0.2, -0.15) is 15.0 Å². The Morgan fingerprint density at radius 1 is 1.16 bits per heavy atom. The molecule has 2 aromatic rings. The molecule has 0 spiro atoms. The van der Waals surface area contributed by atoms with E-state index >= 15 is 0 Å². The van der Waals surface area contributed by atoms with Crippen LogP contribution < -0.4 is 15.5 Å². The molecule has 0 fully saturated rings. The van der Waals surface area contributed by atoms with Crippen molar-refractivity contribution in [2.75, 3.05) is 36.7 Å². The third-order valence-electron chi connectivity index (χ3n) is 2.46. The summed E-state index contributed by atoms with van der Waals surface area (Å²) in [6, 6.07) is 3.85. The molecule has 7 nitrogen and oxygen atoms in total. The standard InChI is InChI=1S/C12H18N6O/c1-8-5-6-9(19-8)7-14-11-15-10(13-2)16-12(17-11)18(3)4/h5-6H,7H2,1-4H3,(H2,13,14,15,16,17). The number of rotatable bonds is 5. The van der Waals surface area contributed by atoms with Gasteiger partial charge in [0, 0.05) is 21.1 Å². The average Bonchev–Trinajstić information content (AvgIpc) is 2.81. The summed E-state index contributed by atoms with van der Waals surface area (Å²) in [4.78, 5) is 14.6. The molecule has 0 aliphatic carbocycles. The quantitative estimate of drug-likeness (QED) is 0.845. The minimum absolute atomic E-state index is 0.511. The fraction of sp³-hybridized carbons (Fsp3) is 0.417. The summed E-state index contributed by atoms with van der Waals surface area (Å²) >= 11 is 0. The minimum Gasteiger partial charge on any atom is -0.465 e.